The summed E-state index contributed by atoms with van der Waals surface area (Å²) in [5.41, 5.74) is 0.679. The maximum Gasteiger partial charge on any atom is 0.120 e. The minimum atomic E-state index is -0.214. The maximum absolute atomic E-state index is 9.64. The number of nitrogens with one attached hydrogen (secondary N) is 1. The Morgan fingerprint density at radius 2 is 2.00 bits per heavy atom. The molecule has 1 aromatic carbocycles. The predicted octanol–water partition coefficient (Wildman–Crippen LogP) is 2.61. The fourth-order valence-electron chi connectivity index (χ4n) is 1.14. The van der Waals surface area contributed by atoms with E-state index in [1.165, 1.54) is 0 Å². The highest BCUT2D eigenvalue weighted by Gasteiger charge is 2.21. The summed E-state index contributed by atoms with van der Waals surface area (Å²) in [6, 6.07) is 5.44. The molecule has 13 heavy (non-hydrogen) atoms. The second kappa shape index (κ2) is 3.68. The number of benzene rings is 1. The van der Waals surface area contributed by atoms with Gasteiger partial charge in [0.05, 0.1) is 0 Å². The van der Waals surface area contributed by atoms with Crippen LogP contribution in [0.4, 0.5) is 0 Å². The molecule has 0 spiro atoms. The molecule has 2 N–H and O–H groups in total. The predicted molar refractivity (Wildman–Crippen MR) is 57.9 cm³/mol. The second-order valence-electron chi connectivity index (χ2n) is 3.54. The van der Waals surface area contributed by atoms with Crippen LogP contribution in [-0.2, 0) is 5.54 Å². The minimum absolute atomic E-state index is 0.214. The van der Waals surface area contributed by atoms with Gasteiger partial charge in [0.2, 0.25) is 0 Å². The van der Waals surface area contributed by atoms with Gasteiger partial charge in [0.15, 0.2) is 0 Å². The largest absolute Gasteiger partial charge is 0.508 e. The van der Waals surface area contributed by atoms with E-state index in [1.54, 1.807) is 6.07 Å². The lowest BCUT2D eigenvalue weighted by Crippen LogP contribution is -2.33. The van der Waals surface area contributed by atoms with Crippen LogP contribution in [0.15, 0.2) is 22.7 Å². The number of hydrogen-bond donors (Lipinski definition) is 2. The highest BCUT2D eigenvalue weighted by Crippen LogP contribution is 2.30. The van der Waals surface area contributed by atoms with E-state index < -0.39 is 0 Å². The Labute approximate surface area is 87.1 Å². The van der Waals surface area contributed by atoms with Crippen molar-refractivity contribution >= 4 is 15.9 Å². The van der Waals surface area contributed by atoms with Gasteiger partial charge < -0.3 is 10.4 Å². The van der Waals surface area contributed by atoms with Gasteiger partial charge in [-0.1, -0.05) is 15.9 Å². The van der Waals surface area contributed by atoms with Crippen LogP contribution in [0.3, 0.4) is 0 Å². The lowest BCUT2D eigenvalue weighted by molar-refractivity contribution is 0.401. The summed E-state index contributed by atoms with van der Waals surface area (Å²) in [4.78, 5) is 0. The van der Waals surface area contributed by atoms with Gasteiger partial charge in [-0.2, -0.15) is 0 Å². The minimum Gasteiger partial charge on any atom is -0.508 e. The summed E-state index contributed by atoms with van der Waals surface area (Å²) in [5.74, 6) is 0.322. The molecule has 3 heteroatoms. The van der Waals surface area contributed by atoms with Crippen LogP contribution in [0.25, 0.3) is 0 Å². The molecule has 0 amide bonds. The summed E-state index contributed by atoms with van der Waals surface area (Å²) in [6.07, 6.45) is 0. The fourth-order valence-corrected chi connectivity index (χ4v) is 1.50. The molecule has 1 aromatic rings. The number of hydrogen-bond acceptors (Lipinski definition) is 2. The third kappa shape index (κ3) is 2.23. The quantitative estimate of drug-likeness (QED) is 0.838. The van der Waals surface area contributed by atoms with Crippen molar-refractivity contribution in [2.75, 3.05) is 7.05 Å². The first-order valence-electron chi connectivity index (χ1n) is 4.15. The molecule has 0 bridgehead atoms. The molecule has 1 rings (SSSR count). The number of halogens is 1. The molecular formula is C10H14BrNO. The number of rotatable bonds is 2. The van der Waals surface area contributed by atoms with E-state index in [9.17, 15) is 5.11 Å². The third-order valence-electron chi connectivity index (χ3n) is 2.26. The Kier molecular flexibility index (Phi) is 2.98. The average molecular weight is 244 g/mol. The summed E-state index contributed by atoms with van der Waals surface area (Å²) in [7, 11) is 1.88. The molecule has 0 atom stereocenters. The molecule has 2 nitrogen and oxygen atoms in total. The normalized spacial score (nSPS) is 11.7. The van der Waals surface area contributed by atoms with E-state index in [-0.39, 0.29) is 5.54 Å². The topological polar surface area (TPSA) is 32.3 Å². The number of aromatic hydroxyl groups is 1. The Balaban J connectivity index is 3.20. The molecule has 0 aliphatic heterocycles. The van der Waals surface area contributed by atoms with Gasteiger partial charge in [-0.25, -0.2) is 0 Å². The molecule has 0 fully saturated rings. The van der Waals surface area contributed by atoms with Crippen LogP contribution in [0.2, 0.25) is 0 Å². The Bertz CT molecular complexity index is 310. The molecule has 0 saturated carbocycles. The van der Waals surface area contributed by atoms with Gasteiger partial charge in [0.25, 0.3) is 0 Å². The van der Waals surface area contributed by atoms with Crippen molar-refractivity contribution < 1.29 is 5.11 Å². The summed E-state index contributed by atoms with van der Waals surface area (Å²) in [5, 5.41) is 12.8. The monoisotopic (exact) mass is 243 g/mol. The number of phenolic OH excluding ortho intramolecular Hbond substituents is 1. The molecular weight excluding hydrogens is 230 g/mol. The van der Waals surface area contributed by atoms with Gasteiger partial charge in [0.1, 0.15) is 5.75 Å². The zero-order chi connectivity index (χ0) is 10.1. The SMILES string of the molecule is CNC(C)(C)c1cc(Br)ccc1O. The maximum atomic E-state index is 9.64. The summed E-state index contributed by atoms with van der Waals surface area (Å²) in [6.45, 7) is 4.04. The van der Waals surface area contributed by atoms with Crippen molar-refractivity contribution in [3.05, 3.63) is 28.2 Å². The zero-order valence-electron chi connectivity index (χ0n) is 8.06. The summed E-state index contributed by atoms with van der Waals surface area (Å²) >= 11 is 3.38. The van der Waals surface area contributed by atoms with Crippen LogP contribution < -0.4 is 5.32 Å². The van der Waals surface area contributed by atoms with Crippen molar-refractivity contribution in [2.24, 2.45) is 0 Å². The Morgan fingerprint density at radius 1 is 1.38 bits per heavy atom. The van der Waals surface area contributed by atoms with Crippen molar-refractivity contribution in [1.29, 1.82) is 0 Å². The van der Waals surface area contributed by atoms with Crippen LogP contribution in [0.1, 0.15) is 19.4 Å². The number of phenols is 1. The van der Waals surface area contributed by atoms with Crippen molar-refractivity contribution in [1.82, 2.24) is 5.32 Å². The first-order chi connectivity index (χ1) is 5.97. The van der Waals surface area contributed by atoms with Gasteiger partial charge in [-0.15, -0.1) is 0 Å². The van der Waals surface area contributed by atoms with Gasteiger partial charge in [0, 0.05) is 15.6 Å². The van der Waals surface area contributed by atoms with Crippen molar-refractivity contribution in [2.45, 2.75) is 19.4 Å². The molecule has 0 aliphatic carbocycles. The van der Waals surface area contributed by atoms with Gasteiger partial charge in [-0.3, -0.25) is 0 Å². The Hall–Kier alpha value is -0.540. The molecule has 0 saturated heterocycles. The van der Waals surface area contributed by atoms with Crippen LogP contribution >= 0.6 is 15.9 Å². The molecule has 72 valence electrons. The van der Waals surface area contributed by atoms with Crippen molar-refractivity contribution in [3.63, 3.8) is 0 Å². The van der Waals surface area contributed by atoms with Gasteiger partial charge in [-0.05, 0) is 39.1 Å². The Morgan fingerprint density at radius 3 is 2.54 bits per heavy atom. The van der Waals surface area contributed by atoms with Crippen LogP contribution in [0.5, 0.6) is 5.75 Å². The third-order valence-corrected chi connectivity index (χ3v) is 2.75. The molecule has 0 heterocycles. The van der Waals surface area contributed by atoms with E-state index in [0.29, 0.717) is 5.75 Å². The lowest BCUT2D eigenvalue weighted by atomic mass is 9.94. The van der Waals surface area contributed by atoms with E-state index in [1.807, 2.05) is 33.0 Å². The molecule has 0 unspecified atom stereocenters. The highest BCUT2D eigenvalue weighted by atomic mass is 79.9. The lowest BCUT2D eigenvalue weighted by Gasteiger charge is -2.25. The van der Waals surface area contributed by atoms with E-state index in [4.69, 9.17) is 0 Å². The zero-order valence-corrected chi connectivity index (χ0v) is 9.64. The van der Waals surface area contributed by atoms with Crippen molar-refractivity contribution in [3.8, 4) is 5.75 Å². The fraction of sp³-hybridized carbons (Fsp3) is 0.400. The van der Waals surface area contributed by atoms with E-state index >= 15 is 0 Å². The average Bonchev–Trinajstić information content (AvgIpc) is 2.09. The molecule has 0 aliphatic rings. The highest BCUT2D eigenvalue weighted by molar-refractivity contribution is 9.10. The molecule has 0 aromatic heterocycles. The summed E-state index contributed by atoms with van der Waals surface area (Å²) < 4.78 is 0.976. The molecule has 0 radical (unpaired) electrons. The van der Waals surface area contributed by atoms with Gasteiger partial charge >= 0.3 is 0 Å². The van der Waals surface area contributed by atoms with Crippen LogP contribution in [-0.4, -0.2) is 12.2 Å². The first-order valence-corrected chi connectivity index (χ1v) is 4.94. The van der Waals surface area contributed by atoms with E-state index in [0.717, 1.165) is 10.0 Å². The van der Waals surface area contributed by atoms with Crippen LogP contribution in [0, 0.1) is 0 Å². The first kappa shape index (κ1) is 10.5. The smallest absolute Gasteiger partial charge is 0.120 e. The van der Waals surface area contributed by atoms with E-state index in [2.05, 4.69) is 21.2 Å². The second-order valence-corrected chi connectivity index (χ2v) is 4.45. The standard InChI is InChI=1S/C10H14BrNO/c1-10(2,12-3)8-6-7(11)4-5-9(8)13/h4-6,12-13H,1-3H3.